The van der Waals surface area contributed by atoms with E-state index in [9.17, 15) is 14.9 Å². The zero-order valence-corrected chi connectivity index (χ0v) is 12.9. The Balaban J connectivity index is 2.21. The molecule has 2 aromatic rings. The highest BCUT2D eigenvalue weighted by Crippen LogP contribution is 2.23. The molecule has 0 spiro atoms. The SMILES string of the molecule is Cc1cccc(C(=O)N(C)Cc2cc([N+](=O)[O-])ccc2Cl)n1. The molecule has 0 fully saturated rings. The van der Waals surface area contributed by atoms with Gasteiger partial charge >= 0.3 is 0 Å². The second-order valence-corrected chi connectivity index (χ2v) is 5.27. The Kier molecular flexibility index (Phi) is 4.72. The Morgan fingerprint density at radius 1 is 1.36 bits per heavy atom. The van der Waals surface area contributed by atoms with Gasteiger partial charge in [0.2, 0.25) is 0 Å². The number of pyridine rings is 1. The second kappa shape index (κ2) is 6.53. The van der Waals surface area contributed by atoms with Gasteiger partial charge in [0.25, 0.3) is 11.6 Å². The van der Waals surface area contributed by atoms with E-state index in [1.54, 1.807) is 32.2 Å². The summed E-state index contributed by atoms with van der Waals surface area (Å²) < 4.78 is 0. The van der Waals surface area contributed by atoms with Crippen LogP contribution in [0.5, 0.6) is 0 Å². The second-order valence-electron chi connectivity index (χ2n) is 4.86. The summed E-state index contributed by atoms with van der Waals surface area (Å²) in [6.45, 7) is 1.96. The highest BCUT2D eigenvalue weighted by atomic mass is 35.5. The lowest BCUT2D eigenvalue weighted by atomic mass is 10.2. The fourth-order valence-electron chi connectivity index (χ4n) is 1.98. The van der Waals surface area contributed by atoms with Gasteiger partial charge in [-0.2, -0.15) is 0 Å². The lowest BCUT2D eigenvalue weighted by Crippen LogP contribution is -2.27. The van der Waals surface area contributed by atoms with Crippen LogP contribution < -0.4 is 0 Å². The number of nitro benzene ring substituents is 1. The first kappa shape index (κ1) is 15.9. The Bertz CT molecular complexity index is 734. The lowest BCUT2D eigenvalue weighted by molar-refractivity contribution is -0.384. The summed E-state index contributed by atoms with van der Waals surface area (Å²) in [6, 6.07) is 9.34. The third kappa shape index (κ3) is 3.59. The van der Waals surface area contributed by atoms with E-state index < -0.39 is 4.92 Å². The van der Waals surface area contributed by atoms with E-state index in [-0.39, 0.29) is 18.1 Å². The van der Waals surface area contributed by atoms with Gasteiger partial charge in [-0.05, 0) is 30.7 Å². The van der Waals surface area contributed by atoms with E-state index in [4.69, 9.17) is 11.6 Å². The van der Waals surface area contributed by atoms with Crippen LogP contribution in [-0.2, 0) is 6.54 Å². The molecule has 0 aliphatic rings. The van der Waals surface area contributed by atoms with Gasteiger partial charge in [-0.3, -0.25) is 14.9 Å². The molecule has 0 N–H and O–H groups in total. The van der Waals surface area contributed by atoms with Crippen molar-refractivity contribution in [3.63, 3.8) is 0 Å². The number of hydrogen-bond donors (Lipinski definition) is 0. The van der Waals surface area contributed by atoms with Gasteiger partial charge < -0.3 is 4.90 Å². The molecule has 1 heterocycles. The molecule has 0 atom stereocenters. The van der Waals surface area contributed by atoms with Crippen LogP contribution in [0.1, 0.15) is 21.7 Å². The summed E-state index contributed by atoms with van der Waals surface area (Å²) in [5.41, 5.74) is 1.52. The van der Waals surface area contributed by atoms with Crippen molar-refractivity contribution in [1.29, 1.82) is 0 Å². The molecule has 0 radical (unpaired) electrons. The molecule has 0 saturated carbocycles. The zero-order chi connectivity index (χ0) is 16.3. The highest BCUT2D eigenvalue weighted by Gasteiger charge is 2.16. The number of rotatable bonds is 4. The molecule has 6 nitrogen and oxygen atoms in total. The monoisotopic (exact) mass is 319 g/mol. The minimum absolute atomic E-state index is 0.0612. The number of carbonyl (C=O) groups excluding carboxylic acids is 1. The Morgan fingerprint density at radius 2 is 2.09 bits per heavy atom. The Hall–Kier alpha value is -2.47. The summed E-state index contributed by atoms with van der Waals surface area (Å²) in [7, 11) is 1.60. The number of nitro groups is 1. The number of aryl methyl sites for hydroxylation is 1. The van der Waals surface area contributed by atoms with Crippen molar-refractivity contribution in [2.24, 2.45) is 0 Å². The number of aromatic nitrogens is 1. The average Bonchev–Trinajstić information content (AvgIpc) is 2.48. The van der Waals surface area contributed by atoms with Crippen molar-refractivity contribution in [1.82, 2.24) is 9.88 Å². The van der Waals surface area contributed by atoms with Crippen LogP contribution in [0.25, 0.3) is 0 Å². The summed E-state index contributed by atoms with van der Waals surface area (Å²) in [4.78, 5) is 28.2. The Labute approximate surface area is 132 Å². The Morgan fingerprint density at radius 3 is 2.73 bits per heavy atom. The van der Waals surface area contributed by atoms with Crippen LogP contribution in [0, 0.1) is 17.0 Å². The van der Waals surface area contributed by atoms with Crippen LogP contribution in [0.15, 0.2) is 36.4 Å². The third-order valence-electron chi connectivity index (χ3n) is 3.10. The summed E-state index contributed by atoms with van der Waals surface area (Å²) in [6.07, 6.45) is 0. The molecule has 0 bridgehead atoms. The van der Waals surface area contributed by atoms with Crippen LogP contribution in [-0.4, -0.2) is 27.8 Å². The molecular weight excluding hydrogens is 306 g/mol. The first-order chi connectivity index (χ1) is 10.4. The third-order valence-corrected chi connectivity index (χ3v) is 3.47. The van der Waals surface area contributed by atoms with E-state index in [0.29, 0.717) is 16.3 Å². The smallest absolute Gasteiger partial charge is 0.272 e. The zero-order valence-electron chi connectivity index (χ0n) is 12.1. The summed E-state index contributed by atoms with van der Waals surface area (Å²) >= 11 is 6.04. The molecule has 2 rings (SSSR count). The highest BCUT2D eigenvalue weighted by molar-refractivity contribution is 6.31. The fourth-order valence-corrected chi connectivity index (χ4v) is 2.16. The standard InChI is InChI=1S/C15H14ClN3O3/c1-10-4-3-5-14(17-10)15(20)18(2)9-11-8-12(19(21)22)6-7-13(11)16/h3-8H,9H2,1-2H3. The largest absolute Gasteiger partial charge is 0.336 e. The van der Waals surface area contributed by atoms with Gasteiger partial charge in [-0.1, -0.05) is 17.7 Å². The topological polar surface area (TPSA) is 76.3 Å². The minimum Gasteiger partial charge on any atom is -0.336 e. The molecule has 0 aliphatic heterocycles. The van der Waals surface area contributed by atoms with E-state index in [1.807, 2.05) is 0 Å². The van der Waals surface area contributed by atoms with E-state index in [2.05, 4.69) is 4.98 Å². The fraction of sp³-hybridized carbons (Fsp3) is 0.200. The maximum Gasteiger partial charge on any atom is 0.272 e. The maximum atomic E-state index is 12.3. The number of amides is 1. The van der Waals surface area contributed by atoms with Crippen molar-refractivity contribution >= 4 is 23.2 Å². The van der Waals surface area contributed by atoms with Crippen LogP contribution >= 0.6 is 11.6 Å². The van der Waals surface area contributed by atoms with E-state index in [1.165, 1.54) is 23.1 Å². The van der Waals surface area contributed by atoms with Crippen LogP contribution in [0.4, 0.5) is 5.69 Å². The van der Waals surface area contributed by atoms with E-state index >= 15 is 0 Å². The van der Waals surface area contributed by atoms with Crippen molar-refractivity contribution in [2.75, 3.05) is 7.05 Å². The molecule has 0 unspecified atom stereocenters. The molecule has 0 aliphatic carbocycles. The van der Waals surface area contributed by atoms with Gasteiger partial charge in [0.15, 0.2) is 0 Å². The summed E-state index contributed by atoms with van der Waals surface area (Å²) in [5, 5.41) is 11.2. The summed E-state index contributed by atoms with van der Waals surface area (Å²) in [5.74, 6) is -0.272. The molecule has 1 amide bonds. The average molecular weight is 320 g/mol. The molecule has 0 saturated heterocycles. The van der Waals surface area contributed by atoms with Gasteiger partial charge in [0.1, 0.15) is 5.69 Å². The van der Waals surface area contributed by atoms with Crippen molar-refractivity contribution < 1.29 is 9.72 Å². The van der Waals surface area contributed by atoms with Gasteiger partial charge in [-0.25, -0.2) is 4.98 Å². The van der Waals surface area contributed by atoms with Gasteiger partial charge in [-0.15, -0.1) is 0 Å². The molecule has 1 aromatic heterocycles. The quantitative estimate of drug-likeness (QED) is 0.640. The first-order valence-corrected chi connectivity index (χ1v) is 6.88. The van der Waals surface area contributed by atoms with Crippen LogP contribution in [0.3, 0.4) is 0 Å². The number of carbonyl (C=O) groups is 1. The normalized spacial score (nSPS) is 10.3. The van der Waals surface area contributed by atoms with E-state index in [0.717, 1.165) is 5.69 Å². The molecular formula is C15H14ClN3O3. The predicted octanol–water partition coefficient (Wildman–Crippen LogP) is 3.22. The van der Waals surface area contributed by atoms with Crippen molar-refractivity contribution in [3.8, 4) is 0 Å². The number of hydrogen-bond acceptors (Lipinski definition) is 4. The van der Waals surface area contributed by atoms with Gasteiger partial charge in [0, 0.05) is 36.4 Å². The number of benzene rings is 1. The molecule has 114 valence electrons. The molecule has 1 aromatic carbocycles. The first-order valence-electron chi connectivity index (χ1n) is 6.50. The van der Waals surface area contributed by atoms with Crippen molar-refractivity contribution in [3.05, 3.63) is 68.5 Å². The number of nitrogens with zero attached hydrogens (tertiary/aromatic N) is 3. The van der Waals surface area contributed by atoms with Crippen molar-refractivity contribution in [2.45, 2.75) is 13.5 Å². The number of non-ortho nitro benzene ring substituents is 1. The lowest BCUT2D eigenvalue weighted by Gasteiger charge is -2.17. The molecule has 7 heteroatoms. The molecule has 22 heavy (non-hydrogen) atoms. The minimum atomic E-state index is -0.496. The predicted molar refractivity (Wildman–Crippen MR) is 82.9 cm³/mol. The number of halogens is 1. The van der Waals surface area contributed by atoms with Gasteiger partial charge in [0.05, 0.1) is 4.92 Å². The van der Waals surface area contributed by atoms with Crippen LogP contribution in [0.2, 0.25) is 5.02 Å². The maximum absolute atomic E-state index is 12.3.